The van der Waals surface area contributed by atoms with Gasteiger partial charge >= 0.3 is 0 Å². The third kappa shape index (κ3) is 5.63. The molecule has 0 spiro atoms. The lowest BCUT2D eigenvalue weighted by Crippen LogP contribution is -2.28. The molecule has 0 amide bonds. The number of aromatic nitrogens is 3. The van der Waals surface area contributed by atoms with Crippen LogP contribution < -0.4 is 0 Å². The van der Waals surface area contributed by atoms with E-state index in [1.807, 2.05) is 12.1 Å². The van der Waals surface area contributed by atoms with E-state index in [0.717, 1.165) is 82.7 Å². The van der Waals surface area contributed by atoms with Crippen LogP contribution in [0.4, 0.5) is 0 Å². The molecule has 0 saturated heterocycles. The lowest BCUT2D eigenvalue weighted by atomic mass is 9.67. The van der Waals surface area contributed by atoms with Crippen molar-refractivity contribution in [2.45, 2.75) is 5.41 Å². The topological polar surface area (TPSA) is 62.5 Å². The van der Waals surface area contributed by atoms with E-state index >= 15 is 0 Å². The maximum absolute atomic E-state index is 10.5. The van der Waals surface area contributed by atoms with E-state index in [-0.39, 0.29) is 0 Å². The van der Waals surface area contributed by atoms with E-state index in [1.165, 1.54) is 0 Å². The zero-order valence-corrected chi connectivity index (χ0v) is 31.9. The van der Waals surface area contributed by atoms with Crippen molar-refractivity contribution in [2.75, 3.05) is 0 Å². The number of hydrogen-bond acceptors (Lipinski definition) is 4. The standard InChI is InChI=1S/C55H34N4/c56-35-45-19-12-24-50-51(45)48-34-41(29-30-49(48)55(50,46-20-3-1-4-21-46)47-22-5-2-6-23-47)40-17-11-18-42(33-40)52-57-53(43-27-25-36-13-7-9-15-38(36)31-43)59-54(58-52)44-28-26-37-14-8-10-16-39(37)32-44/h1-34H. The van der Waals surface area contributed by atoms with Crippen molar-refractivity contribution in [3.63, 3.8) is 0 Å². The average molecular weight is 751 g/mol. The van der Waals surface area contributed by atoms with Gasteiger partial charge in [0.05, 0.1) is 17.0 Å². The Labute approximate surface area is 342 Å². The van der Waals surface area contributed by atoms with Gasteiger partial charge in [0.2, 0.25) is 0 Å². The summed E-state index contributed by atoms with van der Waals surface area (Å²) < 4.78 is 0. The SMILES string of the molecule is N#Cc1cccc2c1-c1cc(-c3cccc(-c4nc(-c5ccc6ccccc6c5)nc(-c5ccc6ccccc6c5)n4)c3)ccc1C2(c1ccccc1)c1ccccc1. The van der Waals surface area contributed by atoms with Crippen LogP contribution in [-0.4, -0.2) is 15.0 Å². The summed E-state index contributed by atoms with van der Waals surface area (Å²) in [6.07, 6.45) is 0. The molecule has 0 radical (unpaired) electrons. The van der Waals surface area contributed by atoms with Gasteiger partial charge in [-0.25, -0.2) is 15.0 Å². The van der Waals surface area contributed by atoms with Gasteiger partial charge in [0.25, 0.3) is 0 Å². The number of nitrogens with zero attached hydrogens (tertiary/aromatic N) is 4. The molecule has 0 unspecified atom stereocenters. The van der Waals surface area contributed by atoms with Gasteiger partial charge in [-0.2, -0.15) is 5.26 Å². The van der Waals surface area contributed by atoms with Crippen LogP contribution in [0, 0.1) is 11.3 Å². The Morgan fingerprint density at radius 2 is 0.831 bits per heavy atom. The molecular weight excluding hydrogens is 717 g/mol. The molecular formula is C55H34N4. The Bertz CT molecular complexity index is 3150. The molecule has 1 heterocycles. The first-order valence-electron chi connectivity index (χ1n) is 19.8. The van der Waals surface area contributed by atoms with Crippen molar-refractivity contribution in [3.8, 4) is 62.5 Å². The van der Waals surface area contributed by atoms with E-state index in [0.29, 0.717) is 23.0 Å². The average Bonchev–Trinajstić information content (AvgIpc) is 3.62. The Morgan fingerprint density at radius 1 is 0.356 bits per heavy atom. The summed E-state index contributed by atoms with van der Waals surface area (Å²) in [5, 5.41) is 15.1. The summed E-state index contributed by atoms with van der Waals surface area (Å²) in [4.78, 5) is 15.4. The summed E-state index contributed by atoms with van der Waals surface area (Å²) >= 11 is 0. The number of fused-ring (bicyclic) bond motifs is 5. The van der Waals surface area contributed by atoms with Crippen LogP contribution in [0.25, 0.3) is 78.0 Å². The van der Waals surface area contributed by atoms with E-state index in [4.69, 9.17) is 15.0 Å². The molecule has 0 N–H and O–H groups in total. The first-order chi connectivity index (χ1) is 29.2. The minimum absolute atomic E-state index is 0.594. The summed E-state index contributed by atoms with van der Waals surface area (Å²) in [6.45, 7) is 0. The maximum atomic E-state index is 10.5. The number of benzene rings is 9. The van der Waals surface area contributed by atoms with Gasteiger partial charge < -0.3 is 0 Å². The molecule has 11 rings (SSSR count). The lowest BCUT2D eigenvalue weighted by molar-refractivity contribution is 0.768. The number of hydrogen-bond donors (Lipinski definition) is 0. The Kier molecular flexibility index (Phi) is 8.06. The molecule has 1 aliphatic carbocycles. The zero-order chi connectivity index (χ0) is 39.3. The maximum Gasteiger partial charge on any atom is 0.164 e. The first kappa shape index (κ1) is 34.3. The molecule has 1 aliphatic rings. The highest BCUT2D eigenvalue weighted by molar-refractivity contribution is 5.92. The first-order valence-corrected chi connectivity index (χ1v) is 19.8. The Balaban J connectivity index is 1.08. The minimum Gasteiger partial charge on any atom is -0.208 e. The second-order valence-electron chi connectivity index (χ2n) is 15.1. The predicted octanol–water partition coefficient (Wildman–Crippen LogP) is 13.1. The van der Waals surface area contributed by atoms with Crippen LogP contribution in [-0.2, 0) is 5.41 Å². The quantitative estimate of drug-likeness (QED) is 0.170. The monoisotopic (exact) mass is 750 g/mol. The van der Waals surface area contributed by atoms with E-state index in [2.05, 4.69) is 200 Å². The molecule has 1 aromatic heterocycles. The van der Waals surface area contributed by atoms with Crippen molar-refractivity contribution in [1.29, 1.82) is 5.26 Å². The Hall–Kier alpha value is -8.00. The van der Waals surface area contributed by atoms with E-state index < -0.39 is 5.41 Å². The van der Waals surface area contributed by atoms with Crippen molar-refractivity contribution in [3.05, 3.63) is 234 Å². The van der Waals surface area contributed by atoms with E-state index in [1.54, 1.807) is 0 Å². The van der Waals surface area contributed by atoms with Crippen LogP contribution in [0.15, 0.2) is 206 Å². The van der Waals surface area contributed by atoms with Crippen molar-refractivity contribution >= 4 is 21.5 Å². The van der Waals surface area contributed by atoms with Gasteiger partial charge in [0.1, 0.15) is 0 Å². The molecule has 4 heteroatoms. The van der Waals surface area contributed by atoms with E-state index in [9.17, 15) is 5.26 Å². The van der Waals surface area contributed by atoms with Crippen LogP contribution in [0.1, 0.15) is 27.8 Å². The molecule has 274 valence electrons. The predicted molar refractivity (Wildman–Crippen MR) is 239 cm³/mol. The molecule has 4 nitrogen and oxygen atoms in total. The smallest absolute Gasteiger partial charge is 0.164 e. The fraction of sp³-hybridized carbons (Fsp3) is 0.0182. The largest absolute Gasteiger partial charge is 0.208 e. The molecule has 0 atom stereocenters. The van der Waals surface area contributed by atoms with Gasteiger partial charge in [-0.1, -0.05) is 176 Å². The van der Waals surface area contributed by atoms with Crippen LogP contribution in [0.5, 0.6) is 0 Å². The summed E-state index contributed by atoms with van der Waals surface area (Å²) in [5.41, 5.74) is 11.5. The van der Waals surface area contributed by atoms with Gasteiger partial charge in [0, 0.05) is 22.3 Å². The van der Waals surface area contributed by atoms with Crippen molar-refractivity contribution < 1.29 is 0 Å². The van der Waals surface area contributed by atoms with Crippen molar-refractivity contribution in [1.82, 2.24) is 15.0 Å². The zero-order valence-electron chi connectivity index (χ0n) is 31.9. The number of rotatable bonds is 6. The third-order valence-corrected chi connectivity index (χ3v) is 11.8. The van der Waals surface area contributed by atoms with Crippen LogP contribution >= 0.6 is 0 Å². The number of nitriles is 1. The Morgan fingerprint density at radius 3 is 1.41 bits per heavy atom. The summed E-state index contributed by atoms with van der Waals surface area (Å²) in [5.74, 6) is 1.83. The molecule has 0 saturated carbocycles. The highest BCUT2D eigenvalue weighted by Crippen LogP contribution is 2.57. The molecule has 10 aromatic rings. The molecule has 9 aromatic carbocycles. The fourth-order valence-corrected chi connectivity index (χ4v) is 9.07. The summed E-state index contributed by atoms with van der Waals surface area (Å²) in [6, 6.07) is 74.6. The minimum atomic E-state index is -0.594. The van der Waals surface area contributed by atoms with Crippen LogP contribution in [0.3, 0.4) is 0 Å². The lowest BCUT2D eigenvalue weighted by Gasteiger charge is -2.34. The highest BCUT2D eigenvalue weighted by Gasteiger charge is 2.47. The highest BCUT2D eigenvalue weighted by atomic mass is 15.0. The summed E-state index contributed by atoms with van der Waals surface area (Å²) in [7, 11) is 0. The van der Waals surface area contributed by atoms with Gasteiger partial charge in [-0.15, -0.1) is 0 Å². The second-order valence-corrected chi connectivity index (χ2v) is 15.1. The molecule has 0 aliphatic heterocycles. The van der Waals surface area contributed by atoms with Gasteiger partial charge in [0.15, 0.2) is 17.5 Å². The normalized spacial score (nSPS) is 12.5. The molecule has 0 bridgehead atoms. The fourth-order valence-electron chi connectivity index (χ4n) is 9.07. The second kappa shape index (κ2) is 13.9. The van der Waals surface area contributed by atoms with Gasteiger partial charge in [-0.3, -0.25) is 0 Å². The van der Waals surface area contributed by atoms with Gasteiger partial charge in [-0.05, 0) is 90.8 Å². The van der Waals surface area contributed by atoms with Crippen molar-refractivity contribution in [2.24, 2.45) is 0 Å². The third-order valence-electron chi connectivity index (χ3n) is 11.8. The molecule has 59 heavy (non-hydrogen) atoms. The molecule has 0 fully saturated rings. The van der Waals surface area contributed by atoms with Crippen LogP contribution in [0.2, 0.25) is 0 Å².